The van der Waals surface area contributed by atoms with Gasteiger partial charge in [-0.15, -0.1) is 0 Å². The largest absolute Gasteiger partial charge is 0.330 e. The van der Waals surface area contributed by atoms with Gasteiger partial charge in [0.2, 0.25) is 0 Å². The SMILES string of the molecule is CC(C)(C)C1CCC(CN)C(Cc2ccc(F)cc2Cl)C1. The first-order chi connectivity index (χ1) is 9.81. The highest BCUT2D eigenvalue weighted by Crippen LogP contribution is 2.44. The van der Waals surface area contributed by atoms with Crippen LogP contribution in [0, 0.1) is 29.0 Å². The monoisotopic (exact) mass is 311 g/mol. The standard InChI is InChI=1S/C18H27ClFN/c1-18(2,3)15-6-4-13(11-21)14(9-15)8-12-5-7-16(20)10-17(12)19/h5,7,10,13-15H,4,6,8-9,11,21H2,1-3H3. The van der Waals surface area contributed by atoms with Crippen LogP contribution in [-0.4, -0.2) is 6.54 Å². The zero-order chi connectivity index (χ0) is 15.6. The van der Waals surface area contributed by atoms with Gasteiger partial charge in [-0.25, -0.2) is 4.39 Å². The summed E-state index contributed by atoms with van der Waals surface area (Å²) in [5.41, 5.74) is 7.36. The Balaban J connectivity index is 2.14. The number of hydrogen-bond acceptors (Lipinski definition) is 1. The lowest BCUT2D eigenvalue weighted by atomic mass is 9.64. The van der Waals surface area contributed by atoms with Crippen LogP contribution in [0.4, 0.5) is 4.39 Å². The molecule has 0 saturated heterocycles. The first-order valence-corrected chi connectivity index (χ1v) is 8.33. The fraction of sp³-hybridized carbons (Fsp3) is 0.667. The molecule has 0 radical (unpaired) electrons. The number of nitrogens with two attached hydrogens (primary N) is 1. The molecule has 0 bridgehead atoms. The smallest absolute Gasteiger partial charge is 0.124 e. The van der Waals surface area contributed by atoms with E-state index in [-0.39, 0.29) is 5.82 Å². The van der Waals surface area contributed by atoms with E-state index in [4.69, 9.17) is 17.3 Å². The Morgan fingerprint density at radius 2 is 1.95 bits per heavy atom. The Bertz CT molecular complexity index is 481. The second-order valence-electron chi connectivity index (χ2n) is 7.57. The van der Waals surface area contributed by atoms with E-state index in [2.05, 4.69) is 20.8 Å². The zero-order valence-electron chi connectivity index (χ0n) is 13.3. The van der Waals surface area contributed by atoms with Crippen LogP contribution in [-0.2, 0) is 6.42 Å². The Kier molecular flexibility index (Phi) is 5.32. The molecule has 0 spiro atoms. The molecule has 2 N–H and O–H groups in total. The summed E-state index contributed by atoms with van der Waals surface area (Å²) >= 11 is 6.19. The van der Waals surface area contributed by atoms with Crippen molar-refractivity contribution in [2.75, 3.05) is 6.54 Å². The van der Waals surface area contributed by atoms with Gasteiger partial charge >= 0.3 is 0 Å². The highest BCUT2D eigenvalue weighted by Gasteiger charge is 2.35. The highest BCUT2D eigenvalue weighted by molar-refractivity contribution is 6.31. The minimum atomic E-state index is -0.268. The Hall–Kier alpha value is -0.600. The van der Waals surface area contributed by atoms with Crippen LogP contribution >= 0.6 is 11.6 Å². The maximum absolute atomic E-state index is 13.2. The summed E-state index contributed by atoms with van der Waals surface area (Å²) in [6, 6.07) is 4.74. The molecular weight excluding hydrogens is 285 g/mol. The maximum atomic E-state index is 13.2. The van der Waals surface area contributed by atoms with Crippen LogP contribution in [0.25, 0.3) is 0 Å². The van der Waals surface area contributed by atoms with Gasteiger partial charge in [0.25, 0.3) is 0 Å². The molecule has 3 atom stereocenters. The van der Waals surface area contributed by atoms with Crippen molar-refractivity contribution in [2.45, 2.75) is 46.5 Å². The molecule has 1 saturated carbocycles. The van der Waals surface area contributed by atoms with E-state index in [9.17, 15) is 4.39 Å². The van der Waals surface area contributed by atoms with Crippen molar-refractivity contribution in [3.63, 3.8) is 0 Å². The van der Waals surface area contributed by atoms with Gasteiger partial charge in [0.05, 0.1) is 0 Å². The van der Waals surface area contributed by atoms with E-state index in [1.165, 1.54) is 31.4 Å². The fourth-order valence-corrected chi connectivity index (χ4v) is 3.89. The van der Waals surface area contributed by atoms with Crippen molar-refractivity contribution in [1.29, 1.82) is 0 Å². The average molecular weight is 312 g/mol. The Morgan fingerprint density at radius 3 is 2.52 bits per heavy atom. The van der Waals surface area contributed by atoms with Gasteiger partial charge in [0, 0.05) is 5.02 Å². The second-order valence-corrected chi connectivity index (χ2v) is 7.98. The van der Waals surface area contributed by atoms with Crippen LogP contribution in [0.3, 0.4) is 0 Å². The molecule has 3 heteroatoms. The summed E-state index contributed by atoms with van der Waals surface area (Å²) in [6.45, 7) is 7.70. The Labute approximate surface area is 133 Å². The Morgan fingerprint density at radius 1 is 1.24 bits per heavy atom. The summed E-state index contributed by atoms with van der Waals surface area (Å²) in [5, 5.41) is 0.545. The lowest BCUT2D eigenvalue weighted by molar-refractivity contribution is 0.101. The summed E-state index contributed by atoms with van der Waals surface area (Å²) in [5.74, 6) is 1.57. The molecule has 1 aliphatic rings. The molecule has 2 rings (SSSR count). The van der Waals surface area contributed by atoms with E-state index in [0.717, 1.165) is 24.4 Å². The molecule has 21 heavy (non-hydrogen) atoms. The molecule has 0 aliphatic heterocycles. The van der Waals surface area contributed by atoms with Gasteiger partial charge in [-0.05, 0) is 73.1 Å². The van der Waals surface area contributed by atoms with Gasteiger partial charge in [-0.2, -0.15) is 0 Å². The number of rotatable bonds is 3. The van der Waals surface area contributed by atoms with E-state index in [0.29, 0.717) is 22.3 Å². The predicted octanol–water partition coefficient (Wildman–Crippen LogP) is 5.06. The maximum Gasteiger partial charge on any atom is 0.124 e. The molecule has 1 aromatic rings. The lowest BCUT2D eigenvalue weighted by Crippen LogP contribution is -2.36. The summed E-state index contributed by atoms with van der Waals surface area (Å²) in [6.07, 6.45) is 4.56. The second kappa shape index (κ2) is 6.66. The van der Waals surface area contributed by atoms with Crippen LogP contribution in [0.15, 0.2) is 18.2 Å². The minimum Gasteiger partial charge on any atom is -0.330 e. The first-order valence-electron chi connectivity index (χ1n) is 7.95. The van der Waals surface area contributed by atoms with Crippen molar-refractivity contribution in [1.82, 2.24) is 0 Å². The van der Waals surface area contributed by atoms with Crippen LogP contribution in [0.5, 0.6) is 0 Å². The van der Waals surface area contributed by atoms with Crippen molar-refractivity contribution < 1.29 is 4.39 Å². The van der Waals surface area contributed by atoms with Crippen molar-refractivity contribution in [2.24, 2.45) is 28.9 Å². The highest BCUT2D eigenvalue weighted by atomic mass is 35.5. The fourth-order valence-electron chi connectivity index (χ4n) is 3.64. The van der Waals surface area contributed by atoms with Gasteiger partial charge in [-0.3, -0.25) is 0 Å². The number of hydrogen-bond donors (Lipinski definition) is 1. The lowest BCUT2D eigenvalue weighted by Gasteiger charge is -2.42. The minimum absolute atomic E-state index is 0.268. The topological polar surface area (TPSA) is 26.0 Å². The van der Waals surface area contributed by atoms with Gasteiger partial charge in [0.1, 0.15) is 5.82 Å². The molecule has 1 aliphatic carbocycles. The number of halogens is 2. The van der Waals surface area contributed by atoms with Gasteiger partial charge < -0.3 is 5.73 Å². The van der Waals surface area contributed by atoms with Gasteiger partial charge in [0.15, 0.2) is 0 Å². The normalized spacial score (nSPS) is 26.9. The summed E-state index contributed by atoms with van der Waals surface area (Å²) in [7, 11) is 0. The molecule has 1 aromatic carbocycles. The van der Waals surface area contributed by atoms with E-state index in [1.54, 1.807) is 0 Å². The molecule has 0 amide bonds. The quantitative estimate of drug-likeness (QED) is 0.829. The molecular formula is C18H27ClFN. The predicted molar refractivity (Wildman–Crippen MR) is 87.9 cm³/mol. The molecule has 0 heterocycles. The van der Waals surface area contributed by atoms with E-state index >= 15 is 0 Å². The van der Waals surface area contributed by atoms with Crippen molar-refractivity contribution in [3.8, 4) is 0 Å². The van der Waals surface area contributed by atoms with Crippen molar-refractivity contribution >= 4 is 11.6 Å². The van der Waals surface area contributed by atoms with E-state index < -0.39 is 0 Å². The van der Waals surface area contributed by atoms with E-state index in [1.807, 2.05) is 6.07 Å². The van der Waals surface area contributed by atoms with Crippen LogP contribution in [0.2, 0.25) is 5.02 Å². The zero-order valence-corrected chi connectivity index (χ0v) is 14.1. The molecule has 3 unspecified atom stereocenters. The van der Waals surface area contributed by atoms with Crippen molar-refractivity contribution in [3.05, 3.63) is 34.6 Å². The van der Waals surface area contributed by atoms with Crippen LogP contribution < -0.4 is 5.73 Å². The molecule has 118 valence electrons. The summed E-state index contributed by atoms with van der Waals surface area (Å²) in [4.78, 5) is 0. The third kappa shape index (κ3) is 4.20. The molecule has 1 nitrogen and oxygen atoms in total. The molecule has 1 fully saturated rings. The third-order valence-electron chi connectivity index (χ3n) is 5.16. The summed E-state index contributed by atoms with van der Waals surface area (Å²) < 4.78 is 13.2. The van der Waals surface area contributed by atoms with Gasteiger partial charge in [-0.1, -0.05) is 38.4 Å². The molecule has 0 aromatic heterocycles. The third-order valence-corrected chi connectivity index (χ3v) is 5.52. The van der Waals surface area contributed by atoms with Crippen LogP contribution in [0.1, 0.15) is 45.6 Å². The first kappa shape index (κ1) is 16.8. The number of benzene rings is 1. The average Bonchev–Trinajstić information content (AvgIpc) is 2.41.